The van der Waals surface area contributed by atoms with Crippen LogP contribution in [0.4, 0.5) is 8.78 Å². The first-order chi connectivity index (χ1) is 7.74. The Labute approximate surface area is 93.8 Å². The minimum Gasteiger partial charge on any atom is -0.271 e. The zero-order valence-electron chi connectivity index (χ0n) is 9.05. The van der Waals surface area contributed by atoms with Gasteiger partial charge in [0.1, 0.15) is 11.6 Å². The summed E-state index contributed by atoms with van der Waals surface area (Å²) in [5.41, 5.74) is 2.64. The largest absolute Gasteiger partial charge is 0.271 e. The van der Waals surface area contributed by atoms with Crippen molar-refractivity contribution in [1.82, 2.24) is 5.43 Å². The molecule has 1 aromatic carbocycles. The lowest BCUT2D eigenvalue weighted by molar-refractivity contribution is 0.349. The number of nitrogens with two attached hydrogens (primary N) is 1. The molecule has 0 heterocycles. The third-order valence-corrected chi connectivity index (χ3v) is 3.36. The molecule has 88 valence electrons. The van der Waals surface area contributed by atoms with Gasteiger partial charge in [0.15, 0.2) is 0 Å². The minimum absolute atomic E-state index is 0.0805. The molecular weight excluding hydrogens is 210 g/mol. The Morgan fingerprint density at radius 2 is 1.75 bits per heavy atom. The average Bonchev–Trinajstić information content (AvgIpc) is 2.77. The predicted octanol–water partition coefficient (Wildman–Crippen LogP) is 2.66. The number of nitrogens with one attached hydrogen (secondary N) is 1. The summed E-state index contributed by atoms with van der Waals surface area (Å²) >= 11 is 0. The normalized spacial score (nSPS) is 18.9. The fraction of sp³-hybridized carbons (Fsp3) is 0.500. The van der Waals surface area contributed by atoms with Crippen LogP contribution in [0.1, 0.15) is 37.3 Å². The lowest BCUT2D eigenvalue weighted by Crippen LogP contribution is -2.34. The van der Waals surface area contributed by atoms with Crippen molar-refractivity contribution in [2.45, 2.75) is 31.7 Å². The van der Waals surface area contributed by atoms with Crippen LogP contribution in [-0.2, 0) is 0 Å². The van der Waals surface area contributed by atoms with Crippen molar-refractivity contribution < 1.29 is 8.78 Å². The van der Waals surface area contributed by atoms with Gasteiger partial charge >= 0.3 is 0 Å². The van der Waals surface area contributed by atoms with Gasteiger partial charge in [-0.2, -0.15) is 0 Å². The van der Waals surface area contributed by atoms with E-state index >= 15 is 0 Å². The summed E-state index contributed by atoms with van der Waals surface area (Å²) in [5, 5.41) is 0. The second-order valence-electron chi connectivity index (χ2n) is 4.32. The summed E-state index contributed by atoms with van der Waals surface area (Å²) < 4.78 is 27.2. The Morgan fingerprint density at radius 3 is 2.25 bits per heavy atom. The van der Waals surface area contributed by atoms with Crippen LogP contribution < -0.4 is 11.3 Å². The number of halogens is 2. The topological polar surface area (TPSA) is 38.0 Å². The van der Waals surface area contributed by atoms with Gasteiger partial charge in [0.25, 0.3) is 0 Å². The fourth-order valence-electron chi connectivity index (χ4n) is 2.55. The first-order valence-electron chi connectivity index (χ1n) is 5.64. The van der Waals surface area contributed by atoms with Crippen LogP contribution in [-0.4, -0.2) is 0 Å². The molecule has 0 radical (unpaired) electrons. The SMILES string of the molecule is NNC(c1c(F)cccc1F)C1CCCC1. The molecule has 1 aromatic rings. The smallest absolute Gasteiger partial charge is 0.130 e. The molecule has 4 heteroatoms. The van der Waals surface area contributed by atoms with Gasteiger partial charge in [0, 0.05) is 5.56 Å². The fourth-order valence-corrected chi connectivity index (χ4v) is 2.55. The third-order valence-electron chi connectivity index (χ3n) is 3.36. The molecule has 0 saturated heterocycles. The zero-order valence-corrected chi connectivity index (χ0v) is 9.05. The average molecular weight is 226 g/mol. The monoisotopic (exact) mass is 226 g/mol. The standard InChI is InChI=1S/C12H16F2N2/c13-9-6-3-7-10(14)11(9)12(16-15)8-4-1-2-5-8/h3,6-8,12,16H,1-2,4-5,15H2. The highest BCUT2D eigenvalue weighted by molar-refractivity contribution is 5.24. The Bertz CT molecular complexity index is 342. The van der Waals surface area contributed by atoms with Crippen LogP contribution in [0.5, 0.6) is 0 Å². The van der Waals surface area contributed by atoms with Crippen molar-refractivity contribution in [2.75, 3.05) is 0 Å². The van der Waals surface area contributed by atoms with Crippen LogP contribution in [0, 0.1) is 17.6 Å². The first kappa shape index (κ1) is 11.5. The lowest BCUT2D eigenvalue weighted by Gasteiger charge is -2.23. The van der Waals surface area contributed by atoms with Crippen LogP contribution in [0.25, 0.3) is 0 Å². The number of hydrazine groups is 1. The van der Waals surface area contributed by atoms with Crippen molar-refractivity contribution in [2.24, 2.45) is 11.8 Å². The maximum Gasteiger partial charge on any atom is 0.130 e. The van der Waals surface area contributed by atoms with Crippen LogP contribution >= 0.6 is 0 Å². The molecule has 16 heavy (non-hydrogen) atoms. The van der Waals surface area contributed by atoms with E-state index in [0.717, 1.165) is 25.7 Å². The van der Waals surface area contributed by atoms with E-state index in [2.05, 4.69) is 5.43 Å². The van der Waals surface area contributed by atoms with Gasteiger partial charge in [0.2, 0.25) is 0 Å². The van der Waals surface area contributed by atoms with Gasteiger partial charge in [-0.05, 0) is 30.9 Å². The van der Waals surface area contributed by atoms with Crippen molar-refractivity contribution in [1.29, 1.82) is 0 Å². The molecule has 2 rings (SSSR count). The van der Waals surface area contributed by atoms with Crippen molar-refractivity contribution in [3.8, 4) is 0 Å². The quantitative estimate of drug-likeness (QED) is 0.614. The molecule has 1 atom stereocenters. The van der Waals surface area contributed by atoms with Crippen molar-refractivity contribution in [3.05, 3.63) is 35.4 Å². The molecule has 1 aliphatic carbocycles. The highest BCUT2D eigenvalue weighted by Gasteiger charge is 2.29. The van der Waals surface area contributed by atoms with Crippen LogP contribution in [0.2, 0.25) is 0 Å². The summed E-state index contributed by atoms with van der Waals surface area (Å²) in [6.45, 7) is 0. The van der Waals surface area contributed by atoms with E-state index in [-0.39, 0.29) is 11.5 Å². The van der Waals surface area contributed by atoms with Crippen LogP contribution in [0.15, 0.2) is 18.2 Å². The summed E-state index contributed by atoms with van der Waals surface area (Å²) in [6, 6.07) is 3.51. The summed E-state index contributed by atoms with van der Waals surface area (Å²) in [4.78, 5) is 0. The molecule has 1 saturated carbocycles. The maximum atomic E-state index is 13.6. The molecule has 2 nitrogen and oxygen atoms in total. The number of benzene rings is 1. The van der Waals surface area contributed by atoms with Gasteiger partial charge in [-0.15, -0.1) is 0 Å². The van der Waals surface area contributed by atoms with E-state index < -0.39 is 17.7 Å². The summed E-state index contributed by atoms with van der Waals surface area (Å²) in [5.74, 6) is 4.63. The number of hydrogen-bond acceptors (Lipinski definition) is 2. The molecule has 0 aliphatic heterocycles. The molecule has 0 amide bonds. The van der Waals surface area contributed by atoms with Gasteiger partial charge < -0.3 is 0 Å². The Kier molecular flexibility index (Phi) is 3.51. The lowest BCUT2D eigenvalue weighted by atomic mass is 9.91. The van der Waals surface area contributed by atoms with E-state index in [0.29, 0.717) is 0 Å². The van der Waals surface area contributed by atoms with E-state index in [9.17, 15) is 8.78 Å². The van der Waals surface area contributed by atoms with Crippen molar-refractivity contribution >= 4 is 0 Å². The van der Waals surface area contributed by atoms with Gasteiger partial charge in [0.05, 0.1) is 6.04 Å². The molecular formula is C12H16F2N2. The van der Waals surface area contributed by atoms with E-state index in [1.54, 1.807) is 0 Å². The second kappa shape index (κ2) is 4.89. The van der Waals surface area contributed by atoms with Gasteiger partial charge in [-0.3, -0.25) is 11.3 Å². The van der Waals surface area contributed by atoms with Gasteiger partial charge in [-0.25, -0.2) is 8.78 Å². The zero-order chi connectivity index (χ0) is 11.5. The highest BCUT2D eigenvalue weighted by atomic mass is 19.1. The maximum absolute atomic E-state index is 13.6. The molecule has 1 aliphatic rings. The van der Waals surface area contributed by atoms with Gasteiger partial charge in [-0.1, -0.05) is 18.9 Å². The molecule has 0 bridgehead atoms. The molecule has 1 unspecified atom stereocenters. The molecule has 3 N–H and O–H groups in total. The number of rotatable bonds is 3. The summed E-state index contributed by atoms with van der Waals surface area (Å²) in [6.07, 6.45) is 4.17. The van der Waals surface area contributed by atoms with Crippen molar-refractivity contribution in [3.63, 3.8) is 0 Å². The molecule has 0 aromatic heterocycles. The predicted molar refractivity (Wildman–Crippen MR) is 58.4 cm³/mol. The minimum atomic E-state index is -0.519. The molecule has 0 spiro atoms. The second-order valence-corrected chi connectivity index (χ2v) is 4.32. The summed E-state index contributed by atoms with van der Waals surface area (Å²) in [7, 11) is 0. The van der Waals surface area contributed by atoms with E-state index in [4.69, 9.17) is 5.84 Å². The molecule has 1 fully saturated rings. The Hall–Kier alpha value is -1.00. The van der Waals surface area contributed by atoms with E-state index in [1.165, 1.54) is 18.2 Å². The first-order valence-corrected chi connectivity index (χ1v) is 5.64. The Balaban J connectivity index is 2.32. The number of hydrogen-bond donors (Lipinski definition) is 2. The van der Waals surface area contributed by atoms with Crippen LogP contribution in [0.3, 0.4) is 0 Å². The third kappa shape index (κ3) is 2.08. The highest BCUT2D eigenvalue weighted by Crippen LogP contribution is 2.36. The Morgan fingerprint density at radius 1 is 1.19 bits per heavy atom. The van der Waals surface area contributed by atoms with E-state index in [1.807, 2.05) is 0 Å².